The smallest absolute Gasteiger partial charge is 0.240 e. The van der Waals surface area contributed by atoms with E-state index in [1.54, 1.807) is 0 Å². The molecule has 0 aromatic rings. The number of sulfonamides is 1. The summed E-state index contributed by atoms with van der Waals surface area (Å²) >= 11 is 0. The van der Waals surface area contributed by atoms with Crippen LogP contribution in [0.25, 0.3) is 0 Å². The molecule has 0 radical (unpaired) electrons. The fraction of sp³-hybridized carbons (Fsp3) is 0.929. The van der Waals surface area contributed by atoms with E-state index in [1.807, 2.05) is 0 Å². The first kappa shape index (κ1) is 16.7. The van der Waals surface area contributed by atoms with Crippen LogP contribution in [0, 0.1) is 5.92 Å². The lowest BCUT2D eigenvalue weighted by molar-refractivity contribution is -0.129. The van der Waals surface area contributed by atoms with Crippen LogP contribution in [0.5, 0.6) is 0 Å². The van der Waals surface area contributed by atoms with E-state index in [9.17, 15) is 13.2 Å². The number of hydrogen-bond donors (Lipinski definition) is 2. The van der Waals surface area contributed by atoms with E-state index in [0.717, 1.165) is 25.7 Å². The Morgan fingerprint density at radius 2 is 1.90 bits per heavy atom. The molecule has 1 saturated heterocycles. The monoisotopic (exact) mass is 317 g/mol. The van der Waals surface area contributed by atoms with Crippen molar-refractivity contribution in [3.63, 3.8) is 0 Å². The molecule has 7 heteroatoms. The second-order valence-corrected chi connectivity index (χ2v) is 8.75. The molecule has 2 atom stereocenters. The van der Waals surface area contributed by atoms with Crippen molar-refractivity contribution in [2.24, 2.45) is 11.7 Å². The van der Waals surface area contributed by atoms with Gasteiger partial charge in [-0.1, -0.05) is 19.8 Å². The van der Waals surface area contributed by atoms with Gasteiger partial charge in [-0.15, -0.1) is 0 Å². The summed E-state index contributed by atoms with van der Waals surface area (Å²) in [6.45, 7) is 3.08. The van der Waals surface area contributed by atoms with E-state index < -0.39 is 15.6 Å². The highest BCUT2D eigenvalue weighted by Crippen LogP contribution is 2.30. The third kappa shape index (κ3) is 4.17. The third-order valence-corrected chi connectivity index (χ3v) is 6.05. The highest BCUT2D eigenvalue weighted by atomic mass is 32.2. The van der Waals surface area contributed by atoms with Crippen LogP contribution in [0.15, 0.2) is 0 Å². The Hall–Kier alpha value is -0.660. The minimum atomic E-state index is -3.12. The fourth-order valence-electron chi connectivity index (χ4n) is 3.46. The van der Waals surface area contributed by atoms with Crippen molar-refractivity contribution in [2.75, 3.05) is 19.3 Å². The van der Waals surface area contributed by atoms with Crippen molar-refractivity contribution in [3.8, 4) is 0 Å². The molecule has 6 nitrogen and oxygen atoms in total. The van der Waals surface area contributed by atoms with Gasteiger partial charge in [0.2, 0.25) is 15.9 Å². The zero-order valence-electron chi connectivity index (χ0n) is 13.0. The predicted molar refractivity (Wildman–Crippen MR) is 82.1 cm³/mol. The zero-order chi connectivity index (χ0) is 15.7. The Bertz CT molecular complexity index is 486. The minimum Gasteiger partial charge on any atom is -0.352 e. The largest absolute Gasteiger partial charge is 0.352 e. The molecule has 0 aromatic heterocycles. The van der Waals surface area contributed by atoms with E-state index in [4.69, 9.17) is 5.73 Å². The maximum Gasteiger partial charge on any atom is 0.240 e. The first-order valence-corrected chi connectivity index (χ1v) is 9.60. The van der Waals surface area contributed by atoms with E-state index in [2.05, 4.69) is 12.2 Å². The van der Waals surface area contributed by atoms with Crippen molar-refractivity contribution in [1.29, 1.82) is 0 Å². The van der Waals surface area contributed by atoms with Gasteiger partial charge in [0.05, 0.1) is 11.8 Å². The van der Waals surface area contributed by atoms with Gasteiger partial charge in [0.1, 0.15) is 0 Å². The van der Waals surface area contributed by atoms with Gasteiger partial charge >= 0.3 is 0 Å². The van der Waals surface area contributed by atoms with Gasteiger partial charge in [-0.25, -0.2) is 12.7 Å². The molecule has 2 rings (SSSR count). The summed E-state index contributed by atoms with van der Waals surface area (Å²) in [6, 6.07) is 0.0353. The lowest BCUT2D eigenvalue weighted by Gasteiger charge is -2.38. The number of piperidine rings is 1. The Morgan fingerprint density at radius 1 is 1.29 bits per heavy atom. The number of rotatable bonds is 3. The number of carbonyl (C=O) groups is 1. The van der Waals surface area contributed by atoms with Crippen LogP contribution < -0.4 is 11.1 Å². The van der Waals surface area contributed by atoms with Crippen LogP contribution in [0.2, 0.25) is 0 Å². The van der Waals surface area contributed by atoms with Gasteiger partial charge in [-0.05, 0) is 31.6 Å². The van der Waals surface area contributed by atoms with Crippen LogP contribution in [0.1, 0.15) is 45.4 Å². The summed E-state index contributed by atoms with van der Waals surface area (Å²) in [4.78, 5) is 12.4. The van der Waals surface area contributed by atoms with E-state index in [0.29, 0.717) is 31.8 Å². The van der Waals surface area contributed by atoms with E-state index in [-0.39, 0.29) is 11.9 Å². The second-order valence-electron chi connectivity index (χ2n) is 6.77. The standard InChI is InChI=1S/C14H27N3O3S/c1-11-4-3-7-14(15,10-11)13(18)16-12-5-8-17(9-6-12)21(2,19)20/h11-12H,3-10,15H2,1-2H3,(H,16,18). The van der Waals surface area contributed by atoms with Gasteiger partial charge in [-0.3, -0.25) is 4.79 Å². The molecule has 1 aliphatic carbocycles. The average Bonchev–Trinajstić information content (AvgIpc) is 2.38. The Kier molecular flexibility index (Phi) is 4.95. The third-order valence-electron chi connectivity index (χ3n) is 4.74. The van der Waals surface area contributed by atoms with E-state index in [1.165, 1.54) is 10.6 Å². The average molecular weight is 317 g/mol. The molecule has 1 heterocycles. The molecule has 21 heavy (non-hydrogen) atoms. The fourth-order valence-corrected chi connectivity index (χ4v) is 4.33. The number of hydrogen-bond acceptors (Lipinski definition) is 4. The minimum absolute atomic E-state index is 0.0353. The van der Waals surface area contributed by atoms with Crippen LogP contribution in [0.3, 0.4) is 0 Å². The Balaban J connectivity index is 1.87. The van der Waals surface area contributed by atoms with Gasteiger partial charge in [0, 0.05) is 19.1 Å². The predicted octanol–water partition coefficient (Wildman–Crippen LogP) is 0.434. The number of nitrogens with two attached hydrogens (primary N) is 1. The van der Waals surface area contributed by atoms with Gasteiger partial charge in [-0.2, -0.15) is 0 Å². The second kappa shape index (κ2) is 6.22. The quantitative estimate of drug-likeness (QED) is 0.790. The molecule has 0 bridgehead atoms. The molecule has 2 aliphatic rings. The molecule has 1 aliphatic heterocycles. The first-order chi connectivity index (χ1) is 9.71. The lowest BCUT2D eigenvalue weighted by Crippen LogP contribution is -2.59. The number of nitrogens with one attached hydrogen (secondary N) is 1. The molecule has 1 amide bonds. The van der Waals surface area contributed by atoms with Crippen LogP contribution >= 0.6 is 0 Å². The molecule has 122 valence electrons. The van der Waals surface area contributed by atoms with Crippen LogP contribution in [0.4, 0.5) is 0 Å². The summed E-state index contributed by atoms with van der Waals surface area (Å²) in [5.41, 5.74) is 5.54. The number of amides is 1. The normalized spacial score (nSPS) is 32.8. The lowest BCUT2D eigenvalue weighted by atomic mass is 9.76. The summed E-state index contributed by atoms with van der Waals surface area (Å²) in [6.07, 6.45) is 6.15. The number of carbonyl (C=O) groups excluding carboxylic acids is 1. The van der Waals surface area contributed by atoms with Crippen molar-refractivity contribution in [1.82, 2.24) is 9.62 Å². The van der Waals surface area contributed by atoms with Crippen molar-refractivity contribution in [3.05, 3.63) is 0 Å². The van der Waals surface area contributed by atoms with Crippen molar-refractivity contribution in [2.45, 2.75) is 57.0 Å². The van der Waals surface area contributed by atoms with Crippen LogP contribution in [-0.4, -0.2) is 49.6 Å². The molecular weight excluding hydrogens is 290 g/mol. The topological polar surface area (TPSA) is 92.5 Å². The summed E-state index contributed by atoms with van der Waals surface area (Å²) in [7, 11) is -3.12. The van der Waals surface area contributed by atoms with Gasteiger partial charge < -0.3 is 11.1 Å². The molecule has 2 unspecified atom stereocenters. The molecule has 0 spiro atoms. The maximum absolute atomic E-state index is 12.4. The SMILES string of the molecule is CC1CCCC(N)(C(=O)NC2CCN(S(C)(=O)=O)CC2)C1. The Morgan fingerprint density at radius 3 is 2.43 bits per heavy atom. The first-order valence-electron chi connectivity index (χ1n) is 7.76. The molecule has 3 N–H and O–H groups in total. The molecular formula is C14H27N3O3S. The summed E-state index contributed by atoms with van der Waals surface area (Å²) in [5.74, 6) is 0.424. The molecule has 2 fully saturated rings. The Labute approximate surface area is 127 Å². The van der Waals surface area contributed by atoms with Gasteiger partial charge in [0.15, 0.2) is 0 Å². The van der Waals surface area contributed by atoms with E-state index >= 15 is 0 Å². The van der Waals surface area contributed by atoms with Crippen molar-refractivity contribution < 1.29 is 13.2 Å². The highest BCUT2D eigenvalue weighted by molar-refractivity contribution is 7.88. The van der Waals surface area contributed by atoms with Gasteiger partial charge in [0.25, 0.3) is 0 Å². The maximum atomic E-state index is 12.4. The molecule has 0 aromatic carbocycles. The highest BCUT2D eigenvalue weighted by Gasteiger charge is 2.39. The summed E-state index contributed by atoms with van der Waals surface area (Å²) in [5, 5.41) is 3.04. The zero-order valence-corrected chi connectivity index (χ0v) is 13.8. The molecule has 1 saturated carbocycles. The van der Waals surface area contributed by atoms with Crippen molar-refractivity contribution >= 4 is 15.9 Å². The number of nitrogens with zero attached hydrogens (tertiary/aromatic N) is 1. The van der Waals surface area contributed by atoms with Crippen LogP contribution in [-0.2, 0) is 14.8 Å². The summed E-state index contributed by atoms with van der Waals surface area (Å²) < 4.78 is 24.4.